The van der Waals surface area contributed by atoms with Crippen LogP contribution in [-0.2, 0) is 6.54 Å². The van der Waals surface area contributed by atoms with Gasteiger partial charge in [-0.1, -0.05) is 55.9 Å². The van der Waals surface area contributed by atoms with E-state index < -0.39 is 4.76 Å². The summed E-state index contributed by atoms with van der Waals surface area (Å²) in [7, 11) is 0. The van der Waals surface area contributed by atoms with Crippen molar-refractivity contribution in [3.63, 3.8) is 0 Å². The molecule has 0 unspecified atom stereocenters. The number of hydrogen-bond acceptors (Lipinski definition) is 2. The number of benzene rings is 1. The maximum atomic E-state index is 12.8. The smallest absolute Gasteiger partial charge is 0.330 e. The van der Waals surface area contributed by atoms with E-state index in [1.807, 2.05) is 58.0 Å². The predicted molar refractivity (Wildman–Crippen MR) is 97.2 cm³/mol. The van der Waals surface area contributed by atoms with Gasteiger partial charge in [0.15, 0.2) is 6.54 Å². The molecule has 1 rings (SSSR count). The number of carbonyl (C=O) groups is 1. The highest BCUT2D eigenvalue weighted by atomic mass is 16.6. The molecular formula is C19H34N3O2+. The van der Waals surface area contributed by atoms with E-state index in [0.29, 0.717) is 19.6 Å². The van der Waals surface area contributed by atoms with Gasteiger partial charge in [-0.15, -0.1) is 5.01 Å². The normalized spacial score (nSPS) is 14.3. The van der Waals surface area contributed by atoms with Crippen LogP contribution in [0.4, 0.5) is 4.79 Å². The second kappa shape index (κ2) is 8.49. The number of carbonyl (C=O) groups excluding carboxylic acids is 1. The summed E-state index contributed by atoms with van der Waals surface area (Å²) in [5, 5.41) is 15.9. The number of amides is 2. The van der Waals surface area contributed by atoms with Crippen molar-refractivity contribution in [2.24, 2.45) is 5.92 Å². The molecule has 0 aliphatic rings. The average Bonchev–Trinajstić information content (AvgIpc) is 2.43. The Labute approximate surface area is 146 Å². The highest BCUT2D eigenvalue weighted by Crippen LogP contribution is 2.19. The average molecular weight is 337 g/mol. The first-order valence-electron chi connectivity index (χ1n) is 8.81. The van der Waals surface area contributed by atoms with Crippen molar-refractivity contribution < 1.29 is 14.8 Å². The number of hydrogen-bond donors (Lipinski definition) is 2. The Morgan fingerprint density at radius 3 is 2.29 bits per heavy atom. The van der Waals surface area contributed by atoms with Crippen LogP contribution < -0.4 is 5.32 Å². The molecule has 0 radical (unpaired) electrons. The summed E-state index contributed by atoms with van der Waals surface area (Å²) in [6, 6.07) is 9.58. The molecule has 5 nitrogen and oxygen atoms in total. The summed E-state index contributed by atoms with van der Waals surface area (Å²) in [5.74, 6) is 0.257. The summed E-state index contributed by atoms with van der Waals surface area (Å²) in [4.78, 5) is 12.8. The maximum Gasteiger partial charge on any atom is 0.364 e. The fraction of sp³-hybridized carbons (Fsp3) is 0.632. The van der Waals surface area contributed by atoms with E-state index in [1.165, 1.54) is 0 Å². The van der Waals surface area contributed by atoms with Crippen LogP contribution in [0, 0.1) is 5.92 Å². The maximum absolute atomic E-state index is 12.8. The Morgan fingerprint density at radius 1 is 1.25 bits per heavy atom. The van der Waals surface area contributed by atoms with E-state index in [2.05, 4.69) is 19.2 Å². The van der Waals surface area contributed by atoms with Crippen molar-refractivity contribution in [2.75, 3.05) is 13.1 Å². The molecule has 1 aromatic rings. The quantitative estimate of drug-likeness (QED) is 0.579. The summed E-state index contributed by atoms with van der Waals surface area (Å²) in [5.41, 5.74) is 0.654. The van der Waals surface area contributed by atoms with Gasteiger partial charge < -0.3 is 5.32 Å². The molecular weight excluding hydrogens is 302 g/mol. The van der Waals surface area contributed by atoms with Gasteiger partial charge >= 0.3 is 6.03 Å². The minimum Gasteiger partial charge on any atom is -0.330 e. The largest absolute Gasteiger partial charge is 0.364 e. The lowest BCUT2D eigenvalue weighted by atomic mass is 10.1. The number of quaternary nitrogens is 1. The molecule has 0 saturated carbocycles. The van der Waals surface area contributed by atoms with E-state index >= 15 is 0 Å². The zero-order valence-electron chi connectivity index (χ0n) is 16.0. The molecule has 1 aromatic carbocycles. The molecule has 2 N–H and O–H groups in total. The van der Waals surface area contributed by atoms with E-state index in [0.717, 1.165) is 12.0 Å². The van der Waals surface area contributed by atoms with Crippen LogP contribution in [0.3, 0.4) is 0 Å². The zero-order valence-corrected chi connectivity index (χ0v) is 16.0. The second-order valence-electron chi connectivity index (χ2n) is 7.90. The van der Waals surface area contributed by atoms with Crippen LogP contribution in [0.1, 0.15) is 53.5 Å². The number of nitrogens with zero attached hydrogens (tertiary/aromatic N) is 2. The lowest BCUT2D eigenvalue weighted by Crippen LogP contribution is -2.64. The standard InChI is InChI=1S/C19H33N3O2/c1-7-13-22(24,15-17-11-9-8-10-12-17)21(14-16(2)3)18(23)20-19(4,5)6/h8-12,16,24H,7,13-15H2,1-6H3/p+1/t22-/m1/s1. The molecule has 136 valence electrons. The SMILES string of the molecule is CCC[N@@+](O)(Cc1ccccc1)N(CC(C)C)C(=O)NC(C)(C)C. The van der Waals surface area contributed by atoms with E-state index in [9.17, 15) is 10.0 Å². The fourth-order valence-electron chi connectivity index (χ4n) is 2.65. The number of nitrogens with one attached hydrogen (secondary N) is 1. The predicted octanol–water partition coefficient (Wildman–Crippen LogP) is 4.18. The lowest BCUT2D eigenvalue weighted by Gasteiger charge is -2.40. The van der Waals surface area contributed by atoms with E-state index in [-0.39, 0.29) is 17.5 Å². The van der Waals surface area contributed by atoms with Crippen LogP contribution in [0.15, 0.2) is 30.3 Å². The number of rotatable bonds is 7. The molecule has 1 atom stereocenters. The molecule has 0 aromatic heterocycles. The van der Waals surface area contributed by atoms with E-state index in [1.54, 1.807) is 5.01 Å². The van der Waals surface area contributed by atoms with Crippen molar-refractivity contribution in [2.45, 2.75) is 60.0 Å². The Bertz CT molecular complexity index is 511. The lowest BCUT2D eigenvalue weighted by molar-refractivity contribution is -1.19. The third-order valence-electron chi connectivity index (χ3n) is 3.56. The van der Waals surface area contributed by atoms with Crippen molar-refractivity contribution in [1.82, 2.24) is 10.3 Å². The van der Waals surface area contributed by atoms with E-state index in [4.69, 9.17) is 0 Å². The van der Waals surface area contributed by atoms with Gasteiger partial charge in [-0.3, -0.25) is 0 Å². The van der Waals surface area contributed by atoms with Crippen molar-refractivity contribution >= 4 is 6.03 Å². The first-order valence-corrected chi connectivity index (χ1v) is 8.81. The van der Waals surface area contributed by atoms with Crippen LogP contribution in [-0.4, -0.2) is 39.6 Å². The topological polar surface area (TPSA) is 52.6 Å². The first-order chi connectivity index (χ1) is 11.1. The highest BCUT2D eigenvalue weighted by Gasteiger charge is 2.39. The molecule has 0 saturated heterocycles. The van der Waals surface area contributed by atoms with Gasteiger partial charge in [0, 0.05) is 11.1 Å². The molecule has 0 spiro atoms. The Morgan fingerprint density at radius 2 is 1.83 bits per heavy atom. The third-order valence-corrected chi connectivity index (χ3v) is 3.56. The van der Waals surface area contributed by atoms with Gasteiger partial charge in [-0.05, 0) is 33.1 Å². The van der Waals surface area contributed by atoms with Gasteiger partial charge in [0.05, 0.1) is 6.54 Å². The summed E-state index contributed by atoms with van der Waals surface area (Å²) in [6.07, 6.45) is 0.778. The van der Waals surface area contributed by atoms with Crippen molar-refractivity contribution in [3.8, 4) is 0 Å². The van der Waals surface area contributed by atoms with Gasteiger partial charge in [-0.25, -0.2) is 4.79 Å². The van der Waals surface area contributed by atoms with Crippen LogP contribution >= 0.6 is 0 Å². The Balaban J connectivity index is 3.13. The molecule has 0 fully saturated rings. The molecule has 0 bridgehead atoms. The van der Waals surface area contributed by atoms with Crippen LogP contribution in [0.25, 0.3) is 0 Å². The zero-order chi connectivity index (χ0) is 18.4. The molecule has 0 heterocycles. The third kappa shape index (κ3) is 6.49. The van der Waals surface area contributed by atoms with Gasteiger partial charge in [-0.2, -0.15) is 5.21 Å². The van der Waals surface area contributed by atoms with Crippen LogP contribution in [0.5, 0.6) is 0 Å². The molecule has 24 heavy (non-hydrogen) atoms. The Kier molecular flexibility index (Phi) is 7.24. The first kappa shape index (κ1) is 20.5. The Hall–Kier alpha value is -1.59. The fourth-order valence-corrected chi connectivity index (χ4v) is 2.65. The summed E-state index contributed by atoms with van der Waals surface area (Å²) < 4.78 is -0.402. The van der Waals surface area contributed by atoms with Gasteiger partial charge in [0.2, 0.25) is 0 Å². The minimum absolute atomic E-state index is 0.233. The van der Waals surface area contributed by atoms with Gasteiger partial charge in [0.25, 0.3) is 0 Å². The highest BCUT2D eigenvalue weighted by molar-refractivity contribution is 5.73. The number of hydroxylamine groups is 2. The van der Waals surface area contributed by atoms with Crippen molar-refractivity contribution in [1.29, 1.82) is 0 Å². The van der Waals surface area contributed by atoms with Gasteiger partial charge in [0.1, 0.15) is 6.54 Å². The molecule has 0 aliphatic heterocycles. The second-order valence-corrected chi connectivity index (χ2v) is 7.90. The number of urea groups is 1. The molecule has 0 aliphatic carbocycles. The minimum atomic E-state index is -0.402. The summed E-state index contributed by atoms with van der Waals surface area (Å²) in [6.45, 7) is 13.3. The molecule has 2 amide bonds. The van der Waals surface area contributed by atoms with Crippen LogP contribution in [0.2, 0.25) is 0 Å². The monoisotopic (exact) mass is 336 g/mol. The van der Waals surface area contributed by atoms with Crippen molar-refractivity contribution in [3.05, 3.63) is 35.9 Å². The summed E-state index contributed by atoms with van der Waals surface area (Å²) >= 11 is 0. The molecule has 5 heteroatoms.